The Balaban J connectivity index is 0.00000225. The molecule has 0 fully saturated rings. The van der Waals surface area contributed by atoms with Crippen LogP contribution in [0.4, 0.5) is 0 Å². The Labute approximate surface area is 105 Å². The zero-order chi connectivity index (χ0) is 11.3. The molecule has 0 saturated heterocycles. The number of carbonyl (C=O) groups is 1. The maximum atomic E-state index is 10.1. The van der Waals surface area contributed by atoms with E-state index >= 15 is 0 Å². The van der Waals surface area contributed by atoms with E-state index in [2.05, 4.69) is 4.99 Å². The molecule has 0 aliphatic rings. The third-order valence-electron chi connectivity index (χ3n) is 1.74. The minimum absolute atomic E-state index is 0. The second-order valence-electron chi connectivity index (χ2n) is 2.93. The van der Waals surface area contributed by atoms with Crippen molar-refractivity contribution < 1.29 is 39.6 Å². The van der Waals surface area contributed by atoms with E-state index in [4.69, 9.17) is 10.2 Å². The predicted molar refractivity (Wildman–Crippen MR) is 54.5 cm³/mol. The summed E-state index contributed by atoms with van der Waals surface area (Å²) in [6, 6.07) is 4.22. The quantitative estimate of drug-likeness (QED) is 0.559. The summed E-state index contributed by atoms with van der Waals surface area (Å²) in [6.07, 6.45) is 1.75. The molecule has 0 bridgehead atoms. The van der Waals surface area contributed by atoms with Gasteiger partial charge >= 0.3 is 5.97 Å². The minimum Gasteiger partial charge on any atom is -0.508 e. The molecule has 5 nitrogen and oxygen atoms in total. The summed E-state index contributed by atoms with van der Waals surface area (Å²) in [7, 11) is 0. The molecular weight excluding hydrogens is 264 g/mol. The monoisotopic (exact) mass is 273 g/mol. The van der Waals surface area contributed by atoms with Gasteiger partial charge in [-0.05, 0) is 11.6 Å². The van der Waals surface area contributed by atoms with Gasteiger partial charge in [0, 0.05) is 38.2 Å². The minimum atomic E-state index is -0.999. The summed E-state index contributed by atoms with van der Waals surface area (Å²) >= 11 is 0. The van der Waals surface area contributed by atoms with Gasteiger partial charge in [-0.1, -0.05) is 6.07 Å². The molecule has 0 heterocycles. The fourth-order valence-electron chi connectivity index (χ4n) is 1.03. The van der Waals surface area contributed by atoms with Crippen LogP contribution >= 0.6 is 0 Å². The molecule has 1 rings (SSSR count). The Hall–Kier alpha value is -1.42. The third kappa shape index (κ3) is 4.89. The number of carboxylic acid groups (broad SMARTS) is 1. The standard InChI is InChI=1S/C10H11NO4.Zn/c12-8-2-1-7(9(13)5-8)3-4-11-6-10(14)15;/h1-2,4-5,12-13H,3,6H2,(H,14,15);. The molecular formula is C10H11NO4Zn. The molecule has 3 N–H and O–H groups in total. The molecule has 6 heteroatoms. The smallest absolute Gasteiger partial charge is 0.325 e. The van der Waals surface area contributed by atoms with Crippen molar-refractivity contribution in [2.45, 2.75) is 6.42 Å². The molecule has 16 heavy (non-hydrogen) atoms. The number of aromatic hydroxyl groups is 2. The molecule has 0 aliphatic carbocycles. The van der Waals surface area contributed by atoms with Crippen LogP contribution in [0.5, 0.6) is 11.5 Å². The number of aliphatic carboxylic acids is 1. The number of aliphatic imine (C=N–C) groups is 1. The number of hydrogen-bond acceptors (Lipinski definition) is 4. The number of phenolic OH excluding ortho intramolecular Hbond substituents is 2. The van der Waals surface area contributed by atoms with Crippen LogP contribution in [-0.2, 0) is 30.7 Å². The van der Waals surface area contributed by atoms with Crippen LogP contribution in [0.1, 0.15) is 5.56 Å². The summed E-state index contributed by atoms with van der Waals surface area (Å²) in [6.45, 7) is -0.279. The summed E-state index contributed by atoms with van der Waals surface area (Å²) in [4.78, 5) is 13.8. The van der Waals surface area contributed by atoms with Gasteiger partial charge in [0.15, 0.2) is 0 Å². The van der Waals surface area contributed by atoms with Crippen molar-refractivity contribution in [2.75, 3.05) is 6.54 Å². The summed E-state index contributed by atoms with van der Waals surface area (Å²) < 4.78 is 0. The van der Waals surface area contributed by atoms with Crippen LogP contribution < -0.4 is 0 Å². The van der Waals surface area contributed by atoms with Gasteiger partial charge in [0.1, 0.15) is 18.0 Å². The molecule has 1 aromatic carbocycles. The van der Waals surface area contributed by atoms with E-state index in [1.165, 1.54) is 18.3 Å². The number of rotatable bonds is 4. The maximum absolute atomic E-state index is 10.1. The fourth-order valence-corrected chi connectivity index (χ4v) is 1.03. The number of phenols is 2. The fraction of sp³-hybridized carbons (Fsp3) is 0.200. The number of benzene rings is 1. The van der Waals surface area contributed by atoms with E-state index in [1.54, 1.807) is 6.07 Å². The number of hydrogen-bond donors (Lipinski definition) is 3. The van der Waals surface area contributed by atoms with Crippen molar-refractivity contribution in [2.24, 2.45) is 4.99 Å². The van der Waals surface area contributed by atoms with Crippen molar-refractivity contribution in [3.8, 4) is 11.5 Å². The van der Waals surface area contributed by atoms with Crippen molar-refractivity contribution in [1.82, 2.24) is 0 Å². The van der Waals surface area contributed by atoms with Crippen molar-refractivity contribution in [3.63, 3.8) is 0 Å². The van der Waals surface area contributed by atoms with E-state index in [0.717, 1.165) is 0 Å². The average molecular weight is 275 g/mol. The third-order valence-corrected chi connectivity index (χ3v) is 1.74. The van der Waals surface area contributed by atoms with Gasteiger partial charge < -0.3 is 15.3 Å². The van der Waals surface area contributed by atoms with Crippen molar-refractivity contribution in [3.05, 3.63) is 23.8 Å². The number of carboxylic acids is 1. The van der Waals surface area contributed by atoms with Crippen molar-refractivity contribution in [1.29, 1.82) is 0 Å². The molecule has 1 aromatic rings. The van der Waals surface area contributed by atoms with Gasteiger partial charge in [-0.3, -0.25) is 9.79 Å². The average Bonchev–Trinajstić information content (AvgIpc) is 2.14. The Morgan fingerprint density at radius 2 is 2.06 bits per heavy atom. The van der Waals surface area contributed by atoms with Crippen LogP contribution in [0.2, 0.25) is 0 Å². The summed E-state index contributed by atoms with van der Waals surface area (Å²) in [5.41, 5.74) is 0.585. The maximum Gasteiger partial charge on any atom is 0.325 e. The van der Waals surface area contributed by atoms with Crippen LogP contribution in [-0.4, -0.2) is 34.0 Å². The Bertz CT molecular complexity index is 392. The summed E-state index contributed by atoms with van der Waals surface area (Å²) in [5, 5.41) is 26.7. The SMILES string of the molecule is O=C(O)CN=CCc1ccc(O)cc1O.[Zn]. The molecule has 0 saturated carbocycles. The van der Waals surface area contributed by atoms with Crippen LogP contribution in [0, 0.1) is 0 Å². The van der Waals surface area contributed by atoms with Gasteiger partial charge in [-0.2, -0.15) is 0 Å². The number of nitrogens with zero attached hydrogens (tertiary/aromatic N) is 1. The van der Waals surface area contributed by atoms with E-state index in [1.807, 2.05) is 0 Å². The van der Waals surface area contributed by atoms with E-state index < -0.39 is 5.97 Å². The summed E-state index contributed by atoms with van der Waals surface area (Å²) in [5.74, 6) is -1.04. The first-order valence-electron chi connectivity index (χ1n) is 4.30. The van der Waals surface area contributed by atoms with E-state index in [-0.39, 0.29) is 37.5 Å². The Morgan fingerprint density at radius 3 is 2.62 bits per heavy atom. The van der Waals surface area contributed by atoms with E-state index in [0.29, 0.717) is 12.0 Å². The van der Waals surface area contributed by atoms with Gasteiger partial charge in [-0.25, -0.2) is 0 Å². The first-order chi connectivity index (χ1) is 7.09. The second-order valence-corrected chi connectivity index (χ2v) is 2.93. The van der Waals surface area contributed by atoms with Gasteiger partial charge in [-0.15, -0.1) is 0 Å². The van der Waals surface area contributed by atoms with Crippen molar-refractivity contribution >= 4 is 12.2 Å². The Kier molecular flexibility index (Phi) is 6.34. The predicted octanol–water partition coefficient (Wildman–Crippen LogP) is 0.793. The van der Waals surface area contributed by atoms with E-state index in [9.17, 15) is 9.90 Å². The molecule has 0 aromatic heterocycles. The molecule has 0 radical (unpaired) electrons. The topological polar surface area (TPSA) is 90.1 Å². The Morgan fingerprint density at radius 1 is 1.38 bits per heavy atom. The molecule has 0 amide bonds. The normalized spacial score (nSPS) is 10.0. The molecule has 0 spiro atoms. The largest absolute Gasteiger partial charge is 0.508 e. The zero-order valence-electron chi connectivity index (χ0n) is 8.63. The molecule has 0 unspecified atom stereocenters. The van der Waals surface area contributed by atoms with Gasteiger partial charge in [0.05, 0.1) is 0 Å². The van der Waals surface area contributed by atoms with Crippen LogP contribution in [0.25, 0.3) is 0 Å². The zero-order valence-corrected chi connectivity index (χ0v) is 11.6. The first-order valence-corrected chi connectivity index (χ1v) is 4.30. The van der Waals surface area contributed by atoms with Gasteiger partial charge in [0.25, 0.3) is 0 Å². The van der Waals surface area contributed by atoms with Crippen LogP contribution in [0.3, 0.4) is 0 Å². The van der Waals surface area contributed by atoms with Gasteiger partial charge in [0.2, 0.25) is 0 Å². The second kappa shape index (κ2) is 6.96. The molecule has 0 aliphatic heterocycles. The van der Waals surface area contributed by atoms with Crippen LogP contribution in [0.15, 0.2) is 23.2 Å². The first kappa shape index (κ1) is 14.6. The molecule has 0 atom stereocenters. The molecule has 82 valence electrons.